The second-order valence-corrected chi connectivity index (χ2v) is 4.97. The Hall–Kier alpha value is -1.58. The standard InChI is InChI=1S/C14H22BN3/c1-3-12(15)7-14-10(2)17-5-4-11(14)6-13-8-16-9-18-13/h3,6,8,14,16-18H,2,4-5,7,9,15H2,1H3/b11-6+,12-3+. The van der Waals surface area contributed by atoms with Crippen molar-refractivity contribution < 1.29 is 0 Å². The molecule has 0 aliphatic carbocycles. The summed E-state index contributed by atoms with van der Waals surface area (Å²) in [5.41, 5.74) is 5.23. The lowest BCUT2D eigenvalue weighted by Gasteiger charge is -2.30. The summed E-state index contributed by atoms with van der Waals surface area (Å²) in [6.45, 7) is 8.10. The van der Waals surface area contributed by atoms with E-state index in [0.29, 0.717) is 5.92 Å². The maximum absolute atomic E-state index is 4.17. The highest BCUT2D eigenvalue weighted by molar-refractivity contribution is 6.21. The van der Waals surface area contributed by atoms with E-state index in [4.69, 9.17) is 0 Å². The summed E-state index contributed by atoms with van der Waals surface area (Å²) >= 11 is 0. The van der Waals surface area contributed by atoms with Gasteiger partial charge in [0.25, 0.3) is 0 Å². The molecule has 0 aromatic carbocycles. The van der Waals surface area contributed by atoms with Crippen LogP contribution in [0, 0.1) is 5.92 Å². The Morgan fingerprint density at radius 1 is 1.56 bits per heavy atom. The van der Waals surface area contributed by atoms with Crippen molar-refractivity contribution >= 4 is 7.85 Å². The summed E-state index contributed by atoms with van der Waals surface area (Å²) in [5, 5.41) is 9.89. The third kappa shape index (κ3) is 3.00. The van der Waals surface area contributed by atoms with Crippen LogP contribution < -0.4 is 16.0 Å². The average molecular weight is 243 g/mol. The van der Waals surface area contributed by atoms with Crippen molar-refractivity contribution in [2.45, 2.75) is 19.8 Å². The van der Waals surface area contributed by atoms with E-state index in [1.165, 1.54) is 16.7 Å². The molecule has 0 amide bonds. The summed E-state index contributed by atoms with van der Waals surface area (Å²) in [6.07, 6.45) is 8.67. The van der Waals surface area contributed by atoms with E-state index in [2.05, 4.69) is 49.5 Å². The molecule has 2 aliphatic rings. The van der Waals surface area contributed by atoms with Gasteiger partial charge in [-0.05, 0) is 25.8 Å². The summed E-state index contributed by atoms with van der Waals surface area (Å²) in [4.78, 5) is 0. The molecular formula is C14H22BN3. The van der Waals surface area contributed by atoms with E-state index in [0.717, 1.165) is 31.8 Å². The molecule has 3 nitrogen and oxygen atoms in total. The minimum Gasteiger partial charge on any atom is -0.388 e. The van der Waals surface area contributed by atoms with Gasteiger partial charge in [0.1, 0.15) is 7.85 Å². The van der Waals surface area contributed by atoms with E-state index in [-0.39, 0.29) is 0 Å². The van der Waals surface area contributed by atoms with Crippen LogP contribution in [0.25, 0.3) is 0 Å². The van der Waals surface area contributed by atoms with E-state index >= 15 is 0 Å². The predicted octanol–water partition coefficient (Wildman–Crippen LogP) is 0.955. The minimum absolute atomic E-state index is 0.429. The Bertz CT molecular complexity index is 421. The smallest absolute Gasteiger partial charge is 0.133 e. The van der Waals surface area contributed by atoms with Crippen LogP contribution >= 0.6 is 0 Å². The lowest BCUT2D eigenvalue weighted by molar-refractivity contribution is 0.553. The number of nitrogens with one attached hydrogen (secondary N) is 3. The van der Waals surface area contributed by atoms with Gasteiger partial charge in [0.15, 0.2) is 0 Å². The number of allylic oxidation sites excluding steroid dienone is 4. The first-order chi connectivity index (χ1) is 8.70. The Kier molecular flexibility index (Phi) is 4.18. The summed E-state index contributed by atoms with van der Waals surface area (Å²) in [6, 6.07) is 0. The third-order valence-electron chi connectivity index (χ3n) is 3.65. The van der Waals surface area contributed by atoms with Crippen molar-refractivity contribution in [2.75, 3.05) is 13.2 Å². The lowest BCUT2D eigenvalue weighted by atomic mass is 9.79. The average Bonchev–Trinajstić information content (AvgIpc) is 2.86. The van der Waals surface area contributed by atoms with Crippen LogP contribution in [0.4, 0.5) is 0 Å². The number of hydrogen-bond donors (Lipinski definition) is 3. The van der Waals surface area contributed by atoms with E-state index < -0.39 is 0 Å². The normalized spacial score (nSPS) is 26.4. The van der Waals surface area contributed by atoms with Crippen molar-refractivity contribution in [3.8, 4) is 0 Å². The van der Waals surface area contributed by atoms with Crippen LogP contribution in [0.3, 0.4) is 0 Å². The van der Waals surface area contributed by atoms with Crippen LogP contribution in [0.2, 0.25) is 0 Å². The molecule has 0 bridgehead atoms. The highest BCUT2D eigenvalue weighted by Crippen LogP contribution is 2.30. The molecule has 2 rings (SSSR count). The second-order valence-electron chi connectivity index (χ2n) is 4.97. The fourth-order valence-electron chi connectivity index (χ4n) is 2.41. The Morgan fingerprint density at radius 2 is 2.39 bits per heavy atom. The molecule has 18 heavy (non-hydrogen) atoms. The fraction of sp³-hybridized carbons (Fsp3) is 0.429. The maximum Gasteiger partial charge on any atom is 0.133 e. The van der Waals surface area contributed by atoms with Gasteiger partial charge in [-0.1, -0.05) is 18.2 Å². The topological polar surface area (TPSA) is 36.1 Å². The van der Waals surface area contributed by atoms with Crippen LogP contribution in [-0.4, -0.2) is 21.1 Å². The molecule has 1 fully saturated rings. The zero-order valence-electron chi connectivity index (χ0n) is 11.3. The molecule has 0 spiro atoms. The molecule has 3 N–H and O–H groups in total. The maximum atomic E-state index is 4.17. The highest BCUT2D eigenvalue weighted by atomic mass is 15.1. The van der Waals surface area contributed by atoms with Crippen molar-refractivity contribution in [2.24, 2.45) is 5.92 Å². The minimum atomic E-state index is 0.429. The SMILES string of the molecule is B/C(=C/C)CC1C(=C)NCC/C1=C\C1=CNCN1. The first-order valence-electron chi connectivity index (χ1n) is 6.63. The van der Waals surface area contributed by atoms with Gasteiger partial charge in [0, 0.05) is 24.4 Å². The van der Waals surface area contributed by atoms with Gasteiger partial charge in [-0.2, -0.15) is 0 Å². The molecule has 0 radical (unpaired) electrons. The van der Waals surface area contributed by atoms with Crippen LogP contribution in [0.15, 0.2) is 47.4 Å². The van der Waals surface area contributed by atoms with Gasteiger partial charge >= 0.3 is 0 Å². The molecule has 0 aromatic rings. The van der Waals surface area contributed by atoms with Gasteiger partial charge in [0.2, 0.25) is 0 Å². The van der Waals surface area contributed by atoms with Gasteiger partial charge in [-0.25, -0.2) is 0 Å². The van der Waals surface area contributed by atoms with Gasteiger partial charge in [-0.3, -0.25) is 0 Å². The molecule has 2 heterocycles. The van der Waals surface area contributed by atoms with Gasteiger partial charge in [-0.15, -0.1) is 5.47 Å². The zero-order valence-corrected chi connectivity index (χ0v) is 11.3. The largest absolute Gasteiger partial charge is 0.388 e. The van der Waals surface area contributed by atoms with Crippen LogP contribution in [0.5, 0.6) is 0 Å². The fourth-order valence-corrected chi connectivity index (χ4v) is 2.41. The van der Waals surface area contributed by atoms with Crippen molar-refractivity contribution in [3.63, 3.8) is 0 Å². The summed E-state index contributed by atoms with van der Waals surface area (Å²) in [7, 11) is 2.19. The van der Waals surface area contributed by atoms with Crippen LogP contribution in [-0.2, 0) is 0 Å². The predicted molar refractivity (Wildman–Crippen MR) is 79.5 cm³/mol. The molecule has 2 aliphatic heterocycles. The number of hydrogen-bond acceptors (Lipinski definition) is 3. The molecular weight excluding hydrogens is 221 g/mol. The Morgan fingerprint density at radius 3 is 3.06 bits per heavy atom. The molecule has 4 heteroatoms. The molecule has 1 unspecified atom stereocenters. The van der Waals surface area contributed by atoms with Gasteiger partial charge in [0.05, 0.1) is 12.4 Å². The van der Waals surface area contributed by atoms with Crippen molar-refractivity contribution in [1.82, 2.24) is 16.0 Å². The molecule has 1 atom stereocenters. The van der Waals surface area contributed by atoms with Crippen LogP contribution in [0.1, 0.15) is 19.8 Å². The first kappa shape index (κ1) is 12.9. The third-order valence-corrected chi connectivity index (χ3v) is 3.65. The van der Waals surface area contributed by atoms with Crippen molar-refractivity contribution in [1.29, 1.82) is 0 Å². The Labute approximate surface area is 111 Å². The summed E-state index contributed by atoms with van der Waals surface area (Å²) in [5.74, 6) is 0.429. The van der Waals surface area contributed by atoms with E-state index in [1.807, 2.05) is 6.20 Å². The highest BCUT2D eigenvalue weighted by Gasteiger charge is 2.22. The summed E-state index contributed by atoms with van der Waals surface area (Å²) < 4.78 is 0. The zero-order chi connectivity index (χ0) is 13.0. The molecule has 0 aromatic heterocycles. The second kappa shape index (κ2) is 5.85. The monoisotopic (exact) mass is 243 g/mol. The molecule has 0 saturated carbocycles. The van der Waals surface area contributed by atoms with Crippen molar-refractivity contribution in [3.05, 3.63) is 47.4 Å². The van der Waals surface area contributed by atoms with E-state index in [1.54, 1.807) is 0 Å². The molecule has 96 valence electrons. The van der Waals surface area contributed by atoms with Gasteiger partial charge < -0.3 is 16.0 Å². The number of rotatable bonds is 3. The number of piperidine rings is 1. The quantitative estimate of drug-likeness (QED) is 0.646. The lowest BCUT2D eigenvalue weighted by Crippen LogP contribution is -2.29. The molecule has 1 saturated heterocycles. The Balaban J connectivity index is 2.16. The first-order valence-corrected chi connectivity index (χ1v) is 6.63. The van der Waals surface area contributed by atoms with E-state index in [9.17, 15) is 0 Å².